The van der Waals surface area contributed by atoms with Gasteiger partial charge in [0.15, 0.2) is 22.5 Å². The molecule has 170 valence electrons. The minimum atomic E-state index is -0.924. The van der Waals surface area contributed by atoms with Crippen molar-refractivity contribution in [3.8, 4) is 29.0 Å². The summed E-state index contributed by atoms with van der Waals surface area (Å²) in [5.74, 6) is 2.02. The van der Waals surface area contributed by atoms with Crippen LogP contribution in [0.25, 0.3) is 11.4 Å². The molecule has 0 spiro atoms. The lowest BCUT2D eigenvalue weighted by atomic mass is 9.90. The van der Waals surface area contributed by atoms with Crippen LogP contribution in [0.3, 0.4) is 0 Å². The van der Waals surface area contributed by atoms with E-state index in [4.69, 9.17) is 9.47 Å². The van der Waals surface area contributed by atoms with E-state index in [0.29, 0.717) is 23.3 Å². The number of benzene rings is 2. The van der Waals surface area contributed by atoms with Crippen molar-refractivity contribution in [3.63, 3.8) is 0 Å². The van der Waals surface area contributed by atoms with Gasteiger partial charge >= 0.3 is 0 Å². The molecule has 0 bridgehead atoms. The first-order chi connectivity index (χ1) is 15.9. The van der Waals surface area contributed by atoms with E-state index in [2.05, 4.69) is 21.6 Å². The maximum absolute atomic E-state index is 12.6. The number of hydrogen-bond acceptors (Lipinski definition) is 7. The molecule has 3 aromatic rings. The van der Waals surface area contributed by atoms with Crippen LogP contribution in [0.1, 0.15) is 26.3 Å². The van der Waals surface area contributed by atoms with Gasteiger partial charge < -0.3 is 14.8 Å². The first-order valence-electron chi connectivity index (χ1n) is 10.6. The Morgan fingerprint density at radius 3 is 2.70 bits per heavy atom. The average molecular weight is 464 g/mol. The summed E-state index contributed by atoms with van der Waals surface area (Å²) >= 11 is 1.29. The quantitative estimate of drug-likeness (QED) is 0.506. The third kappa shape index (κ3) is 4.96. The molecule has 0 fully saturated rings. The van der Waals surface area contributed by atoms with E-state index in [1.807, 2.05) is 66.9 Å². The van der Waals surface area contributed by atoms with Crippen molar-refractivity contribution in [1.82, 2.24) is 20.1 Å². The summed E-state index contributed by atoms with van der Waals surface area (Å²) in [6.07, 6.45) is 0. The van der Waals surface area contributed by atoms with Crippen molar-refractivity contribution < 1.29 is 14.3 Å². The molecule has 9 heteroatoms. The van der Waals surface area contributed by atoms with E-state index in [1.165, 1.54) is 11.8 Å². The first-order valence-corrected chi connectivity index (χ1v) is 11.6. The van der Waals surface area contributed by atoms with Gasteiger partial charge in [0.2, 0.25) is 12.7 Å². The SMILES string of the molecule is CC(C)[C@@](C)(C#N)NC(=O)CSc1nnc(-c2ccccc2)n1Cc1ccc2c(c1)OCO2. The molecule has 0 radical (unpaired) electrons. The van der Waals surface area contributed by atoms with Crippen molar-refractivity contribution in [2.24, 2.45) is 5.92 Å². The molecule has 1 aliphatic heterocycles. The second-order valence-electron chi connectivity index (χ2n) is 8.25. The highest BCUT2D eigenvalue weighted by Gasteiger charge is 2.30. The van der Waals surface area contributed by atoms with Crippen LogP contribution in [0.2, 0.25) is 0 Å². The van der Waals surface area contributed by atoms with Crippen molar-refractivity contribution >= 4 is 17.7 Å². The van der Waals surface area contributed by atoms with Crippen LogP contribution in [0.4, 0.5) is 0 Å². The highest BCUT2D eigenvalue weighted by molar-refractivity contribution is 7.99. The molecule has 4 rings (SSSR count). The van der Waals surface area contributed by atoms with Crippen LogP contribution in [-0.4, -0.2) is 38.8 Å². The lowest BCUT2D eigenvalue weighted by Gasteiger charge is -2.27. The number of ether oxygens (including phenoxy) is 2. The monoisotopic (exact) mass is 463 g/mol. The van der Waals surface area contributed by atoms with Gasteiger partial charge in [-0.05, 0) is 30.5 Å². The van der Waals surface area contributed by atoms with E-state index in [0.717, 1.165) is 16.9 Å². The van der Waals surface area contributed by atoms with E-state index in [9.17, 15) is 10.1 Å². The summed E-state index contributed by atoms with van der Waals surface area (Å²) < 4.78 is 12.9. The number of fused-ring (bicyclic) bond motifs is 1. The smallest absolute Gasteiger partial charge is 0.231 e. The number of carbonyl (C=O) groups excluding carboxylic acids is 1. The fourth-order valence-electron chi connectivity index (χ4n) is 3.32. The second kappa shape index (κ2) is 9.55. The van der Waals surface area contributed by atoms with Crippen LogP contribution in [0.5, 0.6) is 11.5 Å². The van der Waals surface area contributed by atoms with E-state index < -0.39 is 5.54 Å². The number of aromatic nitrogens is 3. The Balaban J connectivity index is 1.57. The molecule has 2 heterocycles. The van der Waals surface area contributed by atoms with Gasteiger partial charge in [0.05, 0.1) is 18.4 Å². The van der Waals surface area contributed by atoms with Gasteiger partial charge in [-0.3, -0.25) is 9.36 Å². The van der Waals surface area contributed by atoms with Crippen LogP contribution in [0.15, 0.2) is 53.7 Å². The molecular formula is C24H25N5O3S. The van der Waals surface area contributed by atoms with Gasteiger partial charge in [-0.1, -0.05) is 62.0 Å². The van der Waals surface area contributed by atoms with Gasteiger partial charge in [-0.15, -0.1) is 10.2 Å². The average Bonchev–Trinajstić information content (AvgIpc) is 3.44. The van der Waals surface area contributed by atoms with E-state index >= 15 is 0 Å². The number of amides is 1. The van der Waals surface area contributed by atoms with E-state index in [1.54, 1.807) is 6.92 Å². The summed E-state index contributed by atoms with van der Waals surface area (Å²) in [7, 11) is 0. The Morgan fingerprint density at radius 1 is 1.21 bits per heavy atom. The second-order valence-corrected chi connectivity index (χ2v) is 9.19. The number of nitrogens with zero attached hydrogens (tertiary/aromatic N) is 4. The molecule has 1 N–H and O–H groups in total. The zero-order chi connectivity index (χ0) is 23.4. The summed E-state index contributed by atoms with van der Waals surface area (Å²) in [5.41, 5.74) is 1.01. The Hall–Kier alpha value is -3.51. The molecule has 1 aromatic heterocycles. The lowest BCUT2D eigenvalue weighted by molar-refractivity contribution is -0.120. The van der Waals surface area contributed by atoms with Crippen LogP contribution in [0, 0.1) is 17.2 Å². The fourth-order valence-corrected chi connectivity index (χ4v) is 4.06. The van der Waals surface area contributed by atoms with Crippen molar-refractivity contribution in [2.45, 2.75) is 38.0 Å². The molecule has 1 amide bonds. The topological polar surface area (TPSA) is 102 Å². The Labute approximate surface area is 196 Å². The minimum Gasteiger partial charge on any atom is -0.454 e. The normalized spacial score (nSPS) is 14.0. The number of carbonyl (C=O) groups is 1. The fraction of sp³-hybridized carbons (Fsp3) is 0.333. The molecule has 0 saturated carbocycles. The third-order valence-electron chi connectivity index (χ3n) is 5.64. The molecule has 2 aromatic carbocycles. The Kier molecular flexibility index (Phi) is 6.56. The zero-order valence-corrected chi connectivity index (χ0v) is 19.6. The number of nitrogens with one attached hydrogen (secondary N) is 1. The van der Waals surface area contributed by atoms with Crippen LogP contribution < -0.4 is 14.8 Å². The predicted molar refractivity (Wildman–Crippen MR) is 125 cm³/mol. The van der Waals surface area contributed by atoms with Gasteiger partial charge in [0, 0.05) is 5.56 Å². The van der Waals surface area contributed by atoms with Gasteiger partial charge in [-0.25, -0.2) is 0 Å². The zero-order valence-electron chi connectivity index (χ0n) is 18.7. The summed E-state index contributed by atoms with van der Waals surface area (Å²) in [4.78, 5) is 12.6. The maximum atomic E-state index is 12.6. The number of nitriles is 1. The number of hydrogen-bond donors (Lipinski definition) is 1. The molecule has 0 unspecified atom stereocenters. The molecule has 1 atom stereocenters. The molecule has 1 aliphatic rings. The minimum absolute atomic E-state index is 0.0178. The molecule has 0 aliphatic carbocycles. The van der Waals surface area contributed by atoms with Crippen LogP contribution in [-0.2, 0) is 11.3 Å². The highest BCUT2D eigenvalue weighted by Crippen LogP contribution is 2.33. The first kappa shape index (κ1) is 22.7. The number of thioether (sulfide) groups is 1. The van der Waals surface area contributed by atoms with Gasteiger partial charge in [-0.2, -0.15) is 5.26 Å². The summed E-state index contributed by atoms with van der Waals surface area (Å²) in [6.45, 7) is 6.26. The van der Waals surface area contributed by atoms with Crippen LogP contribution >= 0.6 is 11.8 Å². The molecule has 33 heavy (non-hydrogen) atoms. The van der Waals surface area contributed by atoms with Gasteiger partial charge in [0.25, 0.3) is 0 Å². The van der Waals surface area contributed by atoms with Gasteiger partial charge in [0.1, 0.15) is 5.54 Å². The predicted octanol–water partition coefficient (Wildman–Crippen LogP) is 3.87. The maximum Gasteiger partial charge on any atom is 0.231 e. The highest BCUT2D eigenvalue weighted by atomic mass is 32.2. The van der Waals surface area contributed by atoms with E-state index in [-0.39, 0.29) is 24.4 Å². The standard InChI is InChI=1S/C24H25N5O3S/c1-16(2)24(3,14-25)26-21(30)13-33-23-28-27-22(18-7-5-4-6-8-18)29(23)12-17-9-10-19-20(11-17)32-15-31-19/h4-11,16H,12-13,15H2,1-3H3,(H,26,30)/t24-/m1/s1. The lowest BCUT2D eigenvalue weighted by Crippen LogP contribution is -2.49. The third-order valence-corrected chi connectivity index (χ3v) is 6.61. The number of rotatable bonds is 8. The Bertz CT molecular complexity index is 1190. The summed E-state index contributed by atoms with van der Waals surface area (Å²) in [6, 6.07) is 17.8. The van der Waals surface area contributed by atoms with Crippen molar-refractivity contribution in [2.75, 3.05) is 12.5 Å². The van der Waals surface area contributed by atoms with Crippen molar-refractivity contribution in [3.05, 3.63) is 54.1 Å². The molecule has 8 nitrogen and oxygen atoms in total. The summed E-state index contributed by atoms with van der Waals surface area (Å²) in [5, 5.41) is 21.7. The van der Waals surface area contributed by atoms with Crippen molar-refractivity contribution in [1.29, 1.82) is 5.26 Å². The Morgan fingerprint density at radius 2 is 1.97 bits per heavy atom. The molecule has 0 saturated heterocycles. The molecular weight excluding hydrogens is 438 g/mol. The largest absolute Gasteiger partial charge is 0.454 e.